The molecule has 2 atom stereocenters. The van der Waals surface area contributed by atoms with Gasteiger partial charge < -0.3 is 15.4 Å². The first kappa shape index (κ1) is 16.8. The van der Waals surface area contributed by atoms with Gasteiger partial charge in [-0.15, -0.1) is 0 Å². The highest BCUT2D eigenvalue weighted by Gasteiger charge is 2.38. The highest BCUT2D eigenvalue weighted by Crippen LogP contribution is 2.47. The molecule has 0 aromatic heterocycles. The van der Waals surface area contributed by atoms with Crippen LogP contribution in [0, 0.1) is 6.92 Å². The zero-order chi connectivity index (χ0) is 17.3. The minimum absolute atomic E-state index is 0.256. The van der Waals surface area contributed by atoms with Crippen molar-refractivity contribution < 1.29 is 4.74 Å². The summed E-state index contributed by atoms with van der Waals surface area (Å²) in [4.78, 5) is 0. The SMILES string of the molecule is COC1(C)CC(c2ccccc2)Nc2c(C)cc(NC(C)C)cc21. The molecular weight excluding hydrogens is 296 g/mol. The average Bonchev–Trinajstić information content (AvgIpc) is 2.56. The molecule has 2 N–H and O–H groups in total. The highest BCUT2D eigenvalue weighted by atomic mass is 16.5. The van der Waals surface area contributed by atoms with Crippen LogP contribution >= 0.6 is 0 Å². The molecule has 3 rings (SSSR count). The number of anilines is 2. The Bertz CT molecular complexity index is 711. The molecule has 2 aromatic rings. The first-order valence-electron chi connectivity index (χ1n) is 8.71. The number of ether oxygens (including phenoxy) is 1. The van der Waals surface area contributed by atoms with E-state index in [1.54, 1.807) is 0 Å². The van der Waals surface area contributed by atoms with E-state index in [0.717, 1.165) is 12.1 Å². The molecule has 1 aliphatic heterocycles. The van der Waals surface area contributed by atoms with Gasteiger partial charge in [-0.2, -0.15) is 0 Å². The summed E-state index contributed by atoms with van der Waals surface area (Å²) >= 11 is 0. The third-order valence-corrected chi connectivity index (χ3v) is 4.93. The van der Waals surface area contributed by atoms with E-state index in [2.05, 4.69) is 80.8 Å². The summed E-state index contributed by atoms with van der Waals surface area (Å²) in [5.74, 6) is 0. The van der Waals surface area contributed by atoms with Crippen LogP contribution < -0.4 is 10.6 Å². The van der Waals surface area contributed by atoms with Crippen molar-refractivity contribution in [2.45, 2.75) is 51.8 Å². The van der Waals surface area contributed by atoms with E-state index in [-0.39, 0.29) is 11.6 Å². The average molecular weight is 324 g/mol. The summed E-state index contributed by atoms with van der Waals surface area (Å²) in [5.41, 5.74) is 5.84. The van der Waals surface area contributed by atoms with Crippen LogP contribution in [0.2, 0.25) is 0 Å². The van der Waals surface area contributed by atoms with Gasteiger partial charge in [-0.05, 0) is 51.0 Å². The third-order valence-electron chi connectivity index (χ3n) is 4.93. The second kappa shape index (κ2) is 6.48. The summed E-state index contributed by atoms with van der Waals surface area (Å²) in [6, 6.07) is 15.7. The van der Waals surface area contributed by atoms with Gasteiger partial charge in [-0.1, -0.05) is 30.3 Å². The van der Waals surface area contributed by atoms with Crippen molar-refractivity contribution >= 4 is 11.4 Å². The number of hydrogen-bond donors (Lipinski definition) is 2. The quantitative estimate of drug-likeness (QED) is 0.807. The van der Waals surface area contributed by atoms with Gasteiger partial charge in [0.25, 0.3) is 0 Å². The second-order valence-corrected chi connectivity index (χ2v) is 7.26. The molecule has 0 aliphatic carbocycles. The number of aryl methyl sites for hydroxylation is 1. The molecule has 3 heteroatoms. The van der Waals surface area contributed by atoms with Gasteiger partial charge in [-0.25, -0.2) is 0 Å². The van der Waals surface area contributed by atoms with Crippen molar-refractivity contribution in [2.24, 2.45) is 0 Å². The van der Waals surface area contributed by atoms with Crippen LogP contribution in [0.5, 0.6) is 0 Å². The molecule has 0 spiro atoms. The number of hydrogen-bond acceptors (Lipinski definition) is 3. The normalized spacial score (nSPS) is 22.8. The van der Waals surface area contributed by atoms with Crippen LogP contribution in [0.3, 0.4) is 0 Å². The van der Waals surface area contributed by atoms with Gasteiger partial charge in [0.15, 0.2) is 0 Å². The maximum absolute atomic E-state index is 6.00. The summed E-state index contributed by atoms with van der Waals surface area (Å²) < 4.78 is 6.00. The van der Waals surface area contributed by atoms with Crippen LogP contribution in [0.25, 0.3) is 0 Å². The standard InChI is InChI=1S/C21H28N2O/c1-14(2)22-17-11-15(3)20-18(12-17)21(4,24-5)13-19(23-20)16-9-7-6-8-10-16/h6-12,14,19,22-23H,13H2,1-5H3. The Morgan fingerprint density at radius 2 is 1.92 bits per heavy atom. The maximum atomic E-state index is 6.00. The van der Waals surface area contributed by atoms with Crippen LogP contribution in [0.15, 0.2) is 42.5 Å². The van der Waals surface area contributed by atoms with Crippen LogP contribution in [-0.2, 0) is 10.3 Å². The number of nitrogens with one attached hydrogen (secondary N) is 2. The smallest absolute Gasteiger partial charge is 0.0943 e. The summed E-state index contributed by atoms with van der Waals surface area (Å²) in [7, 11) is 1.81. The van der Waals surface area contributed by atoms with Crippen LogP contribution in [0.4, 0.5) is 11.4 Å². The van der Waals surface area contributed by atoms with Gasteiger partial charge in [0, 0.05) is 36.5 Å². The van der Waals surface area contributed by atoms with Crippen molar-refractivity contribution in [3.63, 3.8) is 0 Å². The van der Waals surface area contributed by atoms with E-state index in [4.69, 9.17) is 4.74 Å². The Kier molecular flexibility index (Phi) is 4.55. The predicted molar refractivity (Wildman–Crippen MR) is 102 cm³/mol. The molecule has 0 bridgehead atoms. The number of methoxy groups -OCH3 is 1. The Morgan fingerprint density at radius 3 is 2.54 bits per heavy atom. The largest absolute Gasteiger partial charge is 0.383 e. The van der Waals surface area contributed by atoms with E-state index >= 15 is 0 Å². The van der Waals surface area contributed by atoms with Gasteiger partial charge in [0.2, 0.25) is 0 Å². The molecule has 24 heavy (non-hydrogen) atoms. The molecule has 2 unspecified atom stereocenters. The molecule has 3 nitrogen and oxygen atoms in total. The molecule has 0 amide bonds. The molecule has 1 heterocycles. The molecule has 0 fully saturated rings. The fourth-order valence-corrected chi connectivity index (χ4v) is 3.62. The first-order chi connectivity index (χ1) is 11.4. The molecule has 0 saturated heterocycles. The predicted octanol–water partition coefficient (Wildman–Crippen LogP) is 5.23. The summed E-state index contributed by atoms with van der Waals surface area (Å²) in [6.45, 7) is 8.68. The third kappa shape index (κ3) is 3.13. The van der Waals surface area contributed by atoms with E-state index in [0.29, 0.717) is 6.04 Å². The number of rotatable bonds is 4. The lowest BCUT2D eigenvalue weighted by atomic mass is 9.80. The zero-order valence-corrected chi connectivity index (χ0v) is 15.3. The summed E-state index contributed by atoms with van der Waals surface area (Å²) in [5, 5.41) is 7.26. The monoisotopic (exact) mass is 324 g/mol. The molecule has 0 saturated carbocycles. The minimum Gasteiger partial charge on any atom is -0.383 e. The lowest BCUT2D eigenvalue weighted by molar-refractivity contribution is -0.0125. The Balaban J connectivity index is 2.05. The minimum atomic E-state index is -0.305. The van der Waals surface area contributed by atoms with Crippen LogP contribution in [0.1, 0.15) is 49.9 Å². The topological polar surface area (TPSA) is 33.3 Å². The van der Waals surface area contributed by atoms with Crippen molar-refractivity contribution in [1.82, 2.24) is 0 Å². The highest BCUT2D eigenvalue weighted by molar-refractivity contribution is 5.68. The van der Waals surface area contributed by atoms with Crippen molar-refractivity contribution in [3.05, 3.63) is 59.2 Å². The molecule has 2 aromatic carbocycles. The van der Waals surface area contributed by atoms with Gasteiger partial charge in [0.05, 0.1) is 11.6 Å². The van der Waals surface area contributed by atoms with Crippen molar-refractivity contribution in [2.75, 3.05) is 17.7 Å². The van der Waals surface area contributed by atoms with Crippen LogP contribution in [-0.4, -0.2) is 13.2 Å². The number of benzene rings is 2. The fourth-order valence-electron chi connectivity index (χ4n) is 3.62. The first-order valence-corrected chi connectivity index (χ1v) is 8.71. The molecular formula is C21H28N2O. The van der Waals surface area contributed by atoms with E-state index in [1.165, 1.54) is 22.4 Å². The molecule has 1 aliphatic rings. The number of fused-ring (bicyclic) bond motifs is 1. The van der Waals surface area contributed by atoms with Crippen molar-refractivity contribution in [1.29, 1.82) is 0 Å². The van der Waals surface area contributed by atoms with E-state index in [9.17, 15) is 0 Å². The van der Waals surface area contributed by atoms with Gasteiger partial charge in [-0.3, -0.25) is 0 Å². The zero-order valence-electron chi connectivity index (χ0n) is 15.3. The van der Waals surface area contributed by atoms with Gasteiger partial charge >= 0.3 is 0 Å². The second-order valence-electron chi connectivity index (χ2n) is 7.26. The van der Waals surface area contributed by atoms with E-state index in [1.807, 2.05) is 7.11 Å². The lowest BCUT2D eigenvalue weighted by Gasteiger charge is -2.41. The fraction of sp³-hybridized carbons (Fsp3) is 0.429. The van der Waals surface area contributed by atoms with E-state index < -0.39 is 0 Å². The Labute approximate surface area is 145 Å². The van der Waals surface area contributed by atoms with Gasteiger partial charge in [0.1, 0.15) is 0 Å². The Hall–Kier alpha value is -2.00. The maximum Gasteiger partial charge on any atom is 0.0943 e. The Morgan fingerprint density at radius 1 is 1.21 bits per heavy atom. The lowest BCUT2D eigenvalue weighted by Crippen LogP contribution is -2.35. The summed E-state index contributed by atoms with van der Waals surface area (Å²) in [6.07, 6.45) is 0.908. The van der Waals surface area contributed by atoms with Crippen molar-refractivity contribution in [3.8, 4) is 0 Å². The molecule has 128 valence electrons. The molecule has 0 radical (unpaired) electrons.